The molecule has 3 N–H and O–H groups in total. The Kier molecular flexibility index (Phi) is 5.99. The lowest BCUT2D eigenvalue weighted by atomic mass is 10.1. The Bertz CT molecular complexity index is 1440. The zero-order valence-electron chi connectivity index (χ0n) is 19.3. The summed E-state index contributed by atoms with van der Waals surface area (Å²) in [4.78, 5) is 25.9. The number of benzene rings is 1. The molecule has 8 nitrogen and oxygen atoms in total. The number of carbonyl (C=O) groups is 1. The number of anilines is 2. The van der Waals surface area contributed by atoms with Crippen molar-refractivity contribution >= 4 is 23.1 Å². The van der Waals surface area contributed by atoms with Crippen molar-refractivity contribution in [3.05, 3.63) is 65.9 Å². The van der Waals surface area contributed by atoms with Crippen molar-refractivity contribution in [1.82, 2.24) is 19.4 Å². The van der Waals surface area contributed by atoms with Crippen LogP contribution >= 0.6 is 0 Å². The minimum Gasteiger partial charge on any atom is -0.496 e. The van der Waals surface area contributed by atoms with Crippen LogP contribution in [0.4, 0.5) is 24.8 Å². The maximum absolute atomic E-state index is 13.0. The lowest BCUT2D eigenvalue weighted by molar-refractivity contribution is -0.137. The van der Waals surface area contributed by atoms with Gasteiger partial charge in [-0.1, -0.05) is 18.9 Å². The Balaban J connectivity index is 1.51. The SMILES string of the molecule is COc1cc(-c2nc(C3CCCC3)n3ccnc(N)c23)ccc1C(=O)Nc1cc(C(F)(F)F)ccn1. The highest BCUT2D eigenvalue weighted by atomic mass is 19.4. The zero-order chi connectivity index (χ0) is 25.4. The minimum absolute atomic E-state index is 0.131. The van der Waals surface area contributed by atoms with Crippen molar-refractivity contribution in [1.29, 1.82) is 0 Å². The number of hydrogen-bond acceptors (Lipinski definition) is 6. The number of nitrogens with zero attached hydrogens (tertiary/aromatic N) is 4. The number of fused-ring (bicyclic) bond motifs is 1. The largest absolute Gasteiger partial charge is 0.496 e. The third-order valence-electron chi connectivity index (χ3n) is 6.38. The van der Waals surface area contributed by atoms with Gasteiger partial charge in [0.1, 0.15) is 34.4 Å². The van der Waals surface area contributed by atoms with Gasteiger partial charge < -0.3 is 15.8 Å². The molecule has 0 bridgehead atoms. The van der Waals surface area contributed by atoms with Crippen LogP contribution in [0.3, 0.4) is 0 Å². The maximum Gasteiger partial charge on any atom is 0.416 e. The van der Waals surface area contributed by atoms with Gasteiger partial charge in [0, 0.05) is 30.1 Å². The smallest absolute Gasteiger partial charge is 0.416 e. The number of rotatable bonds is 5. The van der Waals surface area contributed by atoms with Crippen LogP contribution in [0.15, 0.2) is 48.9 Å². The van der Waals surface area contributed by atoms with E-state index in [0.717, 1.165) is 49.8 Å². The Morgan fingerprint density at radius 1 is 1.14 bits per heavy atom. The van der Waals surface area contributed by atoms with Crippen LogP contribution in [-0.4, -0.2) is 32.4 Å². The fraction of sp³-hybridized carbons (Fsp3) is 0.280. The molecule has 1 aliphatic carbocycles. The van der Waals surface area contributed by atoms with Crippen molar-refractivity contribution in [3.63, 3.8) is 0 Å². The molecule has 3 heterocycles. The van der Waals surface area contributed by atoms with Crippen molar-refractivity contribution in [2.75, 3.05) is 18.2 Å². The molecule has 11 heteroatoms. The molecular weight excluding hydrogens is 473 g/mol. The number of aromatic nitrogens is 4. The minimum atomic E-state index is -4.55. The second-order valence-corrected chi connectivity index (χ2v) is 8.63. The number of halogens is 3. The second kappa shape index (κ2) is 9.14. The van der Waals surface area contributed by atoms with Crippen LogP contribution in [0.25, 0.3) is 16.8 Å². The Labute approximate surface area is 204 Å². The zero-order valence-corrected chi connectivity index (χ0v) is 19.3. The van der Waals surface area contributed by atoms with Gasteiger partial charge in [-0.2, -0.15) is 13.2 Å². The lowest BCUT2D eigenvalue weighted by Crippen LogP contribution is -2.15. The summed E-state index contributed by atoms with van der Waals surface area (Å²) in [5.74, 6) is 0.917. The van der Waals surface area contributed by atoms with E-state index in [9.17, 15) is 18.0 Å². The van der Waals surface area contributed by atoms with Gasteiger partial charge in [0.15, 0.2) is 0 Å². The number of nitrogen functional groups attached to an aromatic ring is 1. The molecule has 4 aromatic rings. The number of hydrogen-bond donors (Lipinski definition) is 2. The first kappa shape index (κ1) is 23.6. The number of nitrogens with two attached hydrogens (primary N) is 1. The first-order chi connectivity index (χ1) is 17.3. The van der Waals surface area contributed by atoms with Crippen molar-refractivity contribution in [3.8, 4) is 17.0 Å². The van der Waals surface area contributed by atoms with Crippen LogP contribution in [-0.2, 0) is 6.18 Å². The number of imidazole rings is 1. The van der Waals surface area contributed by atoms with Crippen molar-refractivity contribution in [2.45, 2.75) is 37.8 Å². The Morgan fingerprint density at radius 3 is 2.64 bits per heavy atom. The van der Waals surface area contributed by atoms with Gasteiger partial charge in [0.05, 0.1) is 18.2 Å². The standard InChI is InChI=1S/C25H23F3N6O2/c1-36-18-12-15(6-7-17(18)24(35)32-19-13-16(8-9-30-19)25(26,27)28)20-21-22(29)31-10-11-34(21)23(33-20)14-4-2-3-5-14/h6-14H,2-5H2,1H3,(H2,29,31)(H,30,32,35). The Hall–Kier alpha value is -4.15. The molecule has 1 amide bonds. The van der Waals surface area contributed by atoms with Crippen LogP contribution in [0, 0.1) is 0 Å². The summed E-state index contributed by atoms with van der Waals surface area (Å²) in [6, 6.07) is 6.49. The number of alkyl halides is 3. The molecule has 1 aromatic carbocycles. The monoisotopic (exact) mass is 496 g/mol. The molecule has 0 aliphatic heterocycles. The third kappa shape index (κ3) is 4.32. The lowest BCUT2D eigenvalue weighted by Gasteiger charge is -2.12. The second-order valence-electron chi connectivity index (χ2n) is 8.63. The van der Waals surface area contributed by atoms with Crippen molar-refractivity contribution < 1.29 is 22.7 Å². The average molecular weight is 496 g/mol. The summed E-state index contributed by atoms with van der Waals surface area (Å²) < 4.78 is 46.5. The van der Waals surface area contributed by atoms with Gasteiger partial charge in [0.25, 0.3) is 5.91 Å². The molecular formula is C25H23F3N6O2. The van der Waals surface area contributed by atoms with E-state index in [4.69, 9.17) is 15.5 Å². The molecule has 186 valence electrons. The molecule has 0 atom stereocenters. The third-order valence-corrected chi connectivity index (χ3v) is 6.38. The number of nitrogens with one attached hydrogen (secondary N) is 1. The van der Waals surface area contributed by atoms with E-state index in [-0.39, 0.29) is 17.1 Å². The molecule has 3 aromatic heterocycles. The fourth-order valence-corrected chi connectivity index (χ4v) is 4.65. The predicted octanol–water partition coefficient (Wildman–Crippen LogP) is 5.31. The van der Waals surface area contributed by atoms with E-state index in [1.807, 2.05) is 10.6 Å². The first-order valence-electron chi connectivity index (χ1n) is 11.4. The number of pyridine rings is 1. The molecule has 0 radical (unpaired) electrons. The van der Waals surface area contributed by atoms with Gasteiger partial charge in [0.2, 0.25) is 0 Å². The fourth-order valence-electron chi connectivity index (χ4n) is 4.65. The molecule has 1 aliphatic rings. The van der Waals surface area contributed by atoms with Gasteiger partial charge in [-0.25, -0.2) is 15.0 Å². The number of carbonyl (C=O) groups excluding carboxylic acids is 1. The first-order valence-corrected chi connectivity index (χ1v) is 11.4. The van der Waals surface area contributed by atoms with Gasteiger partial charge in [-0.05, 0) is 37.1 Å². The highest BCUT2D eigenvalue weighted by Gasteiger charge is 2.31. The molecule has 1 saturated carbocycles. The highest BCUT2D eigenvalue weighted by molar-refractivity contribution is 6.06. The van der Waals surface area contributed by atoms with E-state index >= 15 is 0 Å². The topological polar surface area (TPSA) is 107 Å². The van der Waals surface area contributed by atoms with Crippen LogP contribution in [0.2, 0.25) is 0 Å². The molecule has 5 rings (SSSR count). The molecule has 0 saturated heterocycles. The van der Waals surface area contributed by atoms with Crippen LogP contribution in [0.1, 0.15) is 53.3 Å². The van der Waals surface area contributed by atoms with Crippen LogP contribution < -0.4 is 15.8 Å². The molecule has 0 spiro atoms. The molecule has 36 heavy (non-hydrogen) atoms. The Morgan fingerprint density at radius 2 is 1.92 bits per heavy atom. The maximum atomic E-state index is 13.0. The van der Waals surface area contributed by atoms with Crippen molar-refractivity contribution in [2.24, 2.45) is 0 Å². The summed E-state index contributed by atoms with van der Waals surface area (Å²) in [6.07, 6.45) is 4.31. The van der Waals surface area contributed by atoms with E-state index in [2.05, 4.69) is 15.3 Å². The quantitative estimate of drug-likeness (QED) is 0.388. The highest BCUT2D eigenvalue weighted by Crippen LogP contribution is 2.38. The number of methoxy groups -OCH3 is 1. The number of ether oxygens (including phenoxy) is 1. The summed E-state index contributed by atoms with van der Waals surface area (Å²) in [5, 5.41) is 2.40. The van der Waals surface area contributed by atoms with E-state index in [0.29, 0.717) is 28.5 Å². The molecule has 1 fully saturated rings. The normalized spacial score (nSPS) is 14.3. The van der Waals surface area contributed by atoms with Crippen LogP contribution in [0.5, 0.6) is 5.75 Å². The summed E-state index contributed by atoms with van der Waals surface area (Å²) >= 11 is 0. The van der Waals surface area contributed by atoms with E-state index < -0.39 is 17.6 Å². The van der Waals surface area contributed by atoms with E-state index in [1.165, 1.54) is 13.2 Å². The van der Waals surface area contributed by atoms with E-state index in [1.54, 1.807) is 18.3 Å². The molecule has 0 unspecified atom stereocenters. The summed E-state index contributed by atoms with van der Waals surface area (Å²) in [5.41, 5.74) is 7.41. The van der Waals surface area contributed by atoms with Gasteiger partial charge in [-0.15, -0.1) is 0 Å². The van der Waals surface area contributed by atoms with Gasteiger partial charge in [-0.3, -0.25) is 9.20 Å². The predicted molar refractivity (Wildman–Crippen MR) is 128 cm³/mol. The summed E-state index contributed by atoms with van der Waals surface area (Å²) in [6.45, 7) is 0. The summed E-state index contributed by atoms with van der Waals surface area (Å²) in [7, 11) is 1.41. The average Bonchev–Trinajstić information content (AvgIpc) is 3.52. The number of amides is 1. The van der Waals surface area contributed by atoms with Gasteiger partial charge >= 0.3 is 6.18 Å².